The normalized spacial score (nSPS) is 20.9. The lowest BCUT2D eigenvalue weighted by Crippen LogP contribution is -2.40. The zero-order valence-electron chi connectivity index (χ0n) is 17.7. The van der Waals surface area contributed by atoms with Crippen LogP contribution in [0.4, 0.5) is 16.2 Å². The van der Waals surface area contributed by atoms with Crippen molar-refractivity contribution in [2.75, 3.05) is 24.3 Å². The van der Waals surface area contributed by atoms with Gasteiger partial charge in [-0.1, -0.05) is 0 Å². The van der Waals surface area contributed by atoms with Gasteiger partial charge in [0.05, 0.1) is 5.69 Å². The number of nitrogens with zero attached hydrogens (tertiary/aromatic N) is 3. The van der Waals surface area contributed by atoms with Gasteiger partial charge in [-0.15, -0.1) is 0 Å². The SMILES string of the molecule is CN(C)c1nc(N[C@H]2CC[C@@H](NC(=O)c3ccc(F)cc3)CC2)nc2c1CCCC2. The lowest BCUT2D eigenvalue weighted by atomic mass is 9.91. The molecule has 1 amide bonds. The summed E-state index contributed by atoms with van der Waals surface area (Å²) in [6, 6.07) is 6.12. The van der Waals surface area contributed by atoms with Crippen molar-refractivity contribution in [3.63, 3.8) is 0 Å². The number of benzene rings is 1. The highest BCUT2D eigenvalue weighted by Crippen LogP contribution is 2.29. The first-order valence-electron chi connectivity index (χ1n) is 10.9. The average molecular weight is 412 g/mol. The van der Waals surface area contributed by atoms with E-state index >= 15 is 0 Å². The maximum absolute atomic E-state index is 13.0. The molecule has 0 unspecified atom stereocenters. The van der Waals surface area contributed by atoms with Gasteiger partial charge in [-0.2, -0.15) is 4.98 Å². The average Bonchev–Trinajstić information content (AvgIpc) is 2.75. The van der Waals surface area contributed by atoms with E-state index in [-0.39, 0.29) is 17.8 Å². The van der Waals surface area contributed by atoms with Crippen LogP contribution >= 0.6 is 0 Å². The van der Waals surface area contributed by atoms with Crippen molar-refractivity contribution < 1.29 is 9.18 Å². The van der Waals surface area contributed by atoms with Gasteiger partial charge >= 0.3 is 0 Å². The number of hydrogen-bond acceptors (Lipinski definition) is 5. The standard InChI is InChI=1S/C23H30FN5O/c1-29(2)21-19-5-3-4-6-20(19)27-23(28-21)26-18-13-11-17(12-14-18)25-22(30)15-7-9-16(24)10-8-15/h7-10,17-18H,3-6,11-14H2,1-2H3,(H,25,30)(H,26,27,28)/t17-,18+. The highest BCUT2D eigenvalue weighted by atomic mass is 19.1. The van der Waals surface area contributed by atoms with Gasteiger partial charge in [0, 0.05) is 37.3 Å². The van der Waals surface area contributed by atoms with Gasteiger partial charge in [-0.05, 0) is 75.6 Å². The van der Waals surface area contributed by atoms with E-state index < -0.39 is 0 Å². The molecule has 1 aromatic heterocycles. The fourth-order valence-corrected chi connectivity index (χ4v) is 4.44. The van der Waals surface area contributed by atoms with Crippen molar-refractivity contribution in [2.45, 2.75) is 63.5 Å². The third kappa shape index (κ3) is 4.71. The minimum Gasteiger partial charge on any atom is -0.362 e. The molecule has 0 aliphatic heterocycles. The molecular formula is C23H30FN5O. The monoisotopic (exact) mass is 411 g/mol. The van der Waals surface area contributed by atoms with Crippen LogP contribution in [0.15, 0.2) is 24.3 Å². The second-order valence-corrected chi connectivity index (χ2v) is 8.57. The van der Waals surface area contributed by atoms with Gasteiger partial charge in [0.2, 0.25) is 5.95 Å². The van der Waals surface area contributed by atoms with E-state index in [0.717, 1.165) is 50.3 Å². The molecule has 1 fully saturated rings. The molecule has 1 saturated carbocycles. The summed E-state index contributed by atoms with van der Waals surface area (Å²) in [5.41, 5.74) is 2.97. The third-order valence-electron chi connectivity index (χ3n) is 6.09. The fourth-order valence-electron chi connectivity index (χ4n) is 4.44. The number of anilines is 2. The van der Waals surface area contributed by atoms with Crippen LogP contribution in [0.25, 0.3) is 0 Å². The highest BCUT2D eigenvalue weighted by Gasteiger charge is 2.25. The van der Waals surface area contributed by atoms with Crippen molar-refractivity contribution in [1.82, 2.24) is 15.3 Å². The van der Waals surface area contributed by atoms with Crippen LogP contribution in [-0.4, -0.2) is 42.1 Å². The molecule has 1 aromatic carbocycles. The maximum atomic E-state index is 13.0. The van der Waals surface area contributed by atoms with Crippen molar-refractivity contribution in [2.24, 2.45) is 0 Å². The van der Waals surface area contributed by atoms with E-state index in [9.17, 15) is 9.18 Å². The van der Waals surface area contributed by atoms with E-state index in [0.29, 0.717) is 11.6 Å². The molecule has 160 valence electrons. The van der Waals surface area contributed by atoms with Gasteiger partial charge in [0.15, 0.2) is 0 Å². The van der Waals surface area contributed by atoms with Crippen molar-refractivity contribution in [3.8, 4) is 0 Å². The zero-order chi connectivity index (χ0) is 21.1. The molecule has 7 heteroatoms. The van der Waals surface area contributed by atoms with Crippen LogP contribution in [0.1, 0.15) is 60.1 Å². The van der Waals surface area contributed by atoms with Gasteiger partial charge in [0.25, 0.3) is 5.91 Å². The summed E-state index contributed by atoms with van der Waals surface area (Å²) in [5, 5.41) is 6.61. The molecule has 0 bridgehead atoms. The van der Waals surface area contributed by atoms with Crippen LogP contribution in [0.5, 0.6) is 0 Å². The lowest BCUT2D eigenvalue weighted by molar-refractivity contribution is 0.0926. The smallest absolute Gasteiger partial charge is 0.251 e. The van der Waals surface area contributed by atoms with Crippen LogP contribution in [0.3, 0.4) is 0 Å². The number of amides is 1. The van der Waals surface area contributed by atoms with Crippen LogP contribution < -0.4 is 15.5 Å². The minimum atomic E-state index is -0.333. The topological polar surface area (TPSA) is 70.2 Å². The summed E-state index contributed by atoms with van der Waals surface area (Å²) in [5.74, 6) is 1.28. The predicted octanol–water partition coefficient (Wildman–Crippen LogP) is 3.71. The number of rotatable bonds is 5. The van der Waals surface area contributed by atoms with Crippen LogP contribution in [0, 0.1) is 5.82 Å². The zero-order valence-corrected chi connectivity index (χ0v) is 17.7. The van der Waals surface area contributed by atoms with E-state index in [4.69, 9.17) is 9.97 Å². The Morgan fingerprint density at radius 2 is 1.67 bits per heavy atom. The number of fused-ring (bicyclic) bond motifs is 1. The van der Waals surface area contributed by atoms with E-state index in [1.54, 1.807) is 0 Å². The Morgan fingerprint density at radius 3 is 2.37 bits per heavy atom. The number of aromatic nitrogens is 2. The second kappa shape index (κ2) is 8.98. The Bertz CT molecular complexity index is 891. The van der Waals surface area contributed by atoms with E-state index in [1.165, 1.54) is 48.4 Å². The Labute approximate surface area is 177 Å². The number of halogens is 1. The molecule has 30 heavy (non-hydrogen) atoms. The first-order chi connectivity index (χ1) is 14.5. The van der Waals surface area contributed by atoms with Crippen LogP contribution in [-0.2, 0) is 12.8 Å². The number of aryl methyl sites for hydroxylation is 1. The molecule has 0 saturated heterocycles. The molecule has 0 spiro atoms. The van der Waals surface area contributed by atoms with Crippen molar-refractivity contribution >= 4 is 17.7 Å². The summed E-state index contributed by atoms with van der Waals surface area (Å²) in [4.78, 5) is 24.1. The molecule has 2 aliphatic carbocycles. The summed E-state index contributed by atoms with van der Waals surface area (Å²) in [6.07, 6.45) is 8.18. The number of nitrogens with one attached hydrogen (secondary N) is 2. The molecule has 2 N–H and O–H groups in total. The van der Waals surface area contributed by atoms with E-state index in [1.807, 2.05) is 14.1 Å². The van der Waals surface area contributed by atoms with Gasteiger partial charge in [0.1, 0.15) is 11.6 Å². The minimum absolute atomic E-state index is 0.139. The van der Waals surface area contributed by atoms with E-state index in [2.05, 4.69) is 15.5 Å². The summed E-state index contributed by atoms with van der Waals surface area (Å²) >= 11 is 0. The Balaban J connectivity index is 1.34. The fraction of sp³-hybridized carbons (Fsp3) is 0.522. The Hall–Kier alpha value is -2.70. The lowest BCUT2D eigenvalue weighted by Gasteiger charge is -2.30. The summed E-state index contributed by atoms with van der Waals surface area (Å²) < 4.78 is 13.0. The van der Waals surface area contributed by atoms with Gasteiger partial charge in [-0.25, -0.2) is 9.37 Å². The maximum Gasteiger partial charge on any atom is 0.251 e. The first kappa shape index (κ1) is 20.6. The second-order valence-electron chi connectivity index (χ2n) is 8.57. The summed E-state index contributed by atoms with van der Waals surface area (Å²) in [6.45, 7) is 0. The quantitative estimate of drug-likeness (QED) is 0.785. The molecule has 6 nitrogen and oxygen atoms in total. The van der Waals surface area contributed by atoms with Crippen LogP contribution in [0.2, 0.25) is 0 Å². The molecule has 4 rings (SSSR count). The number of carbonyl (C=O) groups excluding carboxylic acids is 1. The van der Waals surface area contributed by atoms with Crippen molar-refractivity contribution in [1.29, 1.82) is 0 Å². The Morgan fingerprint density at radius 1 is 1.00 bits per heavy atom. The van der Waals surface area contributed by atoms with Gasteiger partial charge in [-0.3, -0.25) is 4.79 Å². The first-order valence-corrected chi connectivity index (χ1v) is 10.9. The highest BCUT2D eigenvalue weighted by molar-refractivity contribution is 5.94. The number of carbonyl (C=O) groups is 1. The molecule has 2 aromatic rings. The largest absolute Gasteiger partial charge is 0.362 e. The van der Waals surface area contributed by atoms with Crippen molar-refractivity contribution in [3.05, 3.63) is 46.9 Å². The molecular weight excluding hydrogens is 381 g/mol. The number of hydrogen-bond donors (Lipinski definition) is 2. The Kier molecular flexibility index (Phi) is 6.16. The predicted molar refractivity (Wildman–Crippen MR) is 117 cm³/mol. The third-order valence-corrected chi connectivity index (χ3v) is 6.09. The summed E-state index contributed by atoms with van der Waals surface area (Å²) in [7, 11) is 4.08. The van der Waals surface area contributed by atoms with Gasteiger partial charge < -0.3 is 15.5 Å². The molecule has 0 atom stereocenters. The molecule has 1 heterocycles. The molecule has 2 aliphatic rings. The molecule has 0 radical (unpaired) electrons.